The van der Waals surface area contributed by atoms with Crippen molar-refractivity contribution in [3.05, 3.63) is 77.9 Å². The Morgan fingerprint density at radius 2 is 1.66 bits per heavy atom. The van der Waals surface area contributed by atoms with E-state index in [1.807, 2.05) is 49.4 Å². The quantitative estimate of drug-likeness (QED) is 0.0919. The SMILES string of the molecule is C[C@H](CC1=C[N+](C(=O)NC(CC2CCCCC2)[C@@H](O)C[C@@H](Cc2ccncc2)C(=O)NCCCCN)(C(=O)[C@@H](N)Cc2ccccc2)C=N1)N(C)C(=O)OC(C)(C)C. The van der Waals surface area contributed by atoms with Gasteiger partial charge in [-0.2, -0.15) is 0 Å². The number of imide groups is 1. The van der Waals surface area contributed by atoms with Crippen LogP contribution >= 0.6 is 0 Å². The number of unbranched alkanes of at least 4 members (excludes halogenated alkanes) is 1. The summed E-state index contributed by atoms with van der Waals surface area (Å²) in [7, 11) is 1.63. The molecular formula is C44H67N8O6+. The first-order chi connectivity index (χ1) is 27.6. The van der Waals surface area contributed by atoms with Crippen LogP contribution in [0.5, 0.6) is 0 Å². The number of hydrogen-bond acceptors (Lipinski definition) is 10. The van der Waals surface area contributed by atoms with Gasteiger partial charge in [0.05, 0.1) is 12.1 Å². The normalized spacial score (nSPS) is 19.6. The average molecular weight is 804 g/mol. The number of benzene rings is 1. The summed E-state index contributed by atoms with van der Waals surface area (Å²) in [6.07, 6.45) is 12.5. The molecule has 2 aliphatic rings. The third-order valence-corrected chi connectivity index (χ3v) is 11.1. The van der Waals surface area contributed by atoms with Crippen LogP contribution in [0.15, 0.2) is 71.7 Å². The minimum atomic E-state index is -1.12. The Kier molecular flexibility index (Phi) is 17.5. The van der Waals surface area contributed by atoms with Gasteiger partial charge in [-0.15, -0.1) is 4.48 Å². The van der Waals surface area contributed by atoms with Gasteiger partial charge in [0, 0.05) is 50.8 Å². The second kappa shape index (κ2) is 22.0. The van der Waals surface area contributed by atoms with E-state index in [9.17, 15) is 24.3 Å². The van der Waals surface area contributed by atoms with E-state index in [2.05, 4.69) is 20.6 Å². The molecule has 2 aromatic rings. The molecule has 14 heteroatoms. The Morgan fingerprint density at radius 1 is 0.983 bits per heavy atom. The Balaban J connectivity index is 1.64. The Morgan fingerprint density at radius 3 is 2.31 bits per heavy atom. The number of urea groups is 1. The number of carbonyl (C=O) groups excluding carboxylic acids is 4. The summed E-state index contributed by atoms with van der Waals surface area (Å²) in [5, 5.41) is 18.2. The van der Waals surface area contributed by atoms with Crippen LogP contribution in [0, 0.1) is 11.8 Å². The third kappa shape index (κ3) is 13.8. The number of quaternary nitrogens is 1. The summed E-state index contributed by atoms with van der Waals surface area (Å²) in [5.74, 6) is -1.14. The van der Waals surface area contributed by atoms with E-state index >= 15 is 0 Å². The number of hydrogen-bond donors (Lipinski definition) is 5. The molecule has 1 fully saturated rings. The van der Waals surface area contributed by atoms with Crippen LogP contribution in [0.2, 0.25) is 0 Å². The maximum atomic E-state index is 14.8. The van der Waals surface area contributed by atoms with E-state index < -0.39 is 58.3 Å². The molecule has 4 rings (SSSR count). The number of rotatable bonds is 19. The number of aliphatic hydroxyl groups excluding tert-OH is 1. The molecule has 0 radical (unpaired) electrons. The van der Waals surface area contributed by atoms with Crippen molar-refractivity contribution in [2.24, 2.45) is 28.3 Å². The summed E-state index contributed by atoms with van der Waals surface area (Å²) in [5.41, 5.74) is 13.7. The number of pyridine rings is 1. The van der Waals surface area contributed by atoms with Gasteiger partial charge >= 0.3 is 18.0 Å². The summed E-state index contributed by atoms with van der Waals surface area (Å²) in [6.45, 7) is 8.21. The highest BCUT2D eigenvalue weighted by Crippen LogP contribution is 2.31. The van der Waals surface area contributed by atoms with Crippen LogP contribution in [0.3, 0.4) is 0 Å². The van der Waals surface area contributed by atoms with E-state index in [-0.39, 0.29) is 31.1 Å². The van der Waals surface area contributed by atoms with Crippen LogP contribution in [-0.2, 0) is 27.2 Å². The fourth-order valence-corrected chi connectivity index (χ4v) is 7.61. The molecule has 5 amide bonds. The molecule has 6 atom stereocenters. The number of ether oxygens (including phenoxy) is 1. The maximum absolute atomic E-state index is 14.8. The van der Waals surface area contributed by atoms with Crippen molar-refractivity contribution >= 4 is 30.3 Å². The molecule has 14 nitrogen and oxygen atoms in total. The third-order valence-electron chi connectivity index (χ3n) is 11.1. The maximum Gasteiger partial charge on any atom is 0.435 e. The lowest BCUT2D eigenvalue weighted by molar-refractivity contribution is -0.609. The van der Waals surface area contributed by atoms with E-state index in [4.69, 9.17) is 16.2 Å². The monoisotopic (exact) mass is 804 g/mol. The molecule has 1 aromatic heterocycles. The van der Waals surface area contributed by atoms with Crippen LogP contribution in [0.25, 0.3) is 0 Å². The van der Waals surface area contributed by atoms with Crippen LogP contribution in [0.4, 0.5) is 9.59 Å². The number of nitrogens with one attached hydrogen (secondary N) is 2. The number of carbonyl (C=O) groups is 4. The first-order valence-electron chi connectivity index (χ1n) is 20.9. The molecule has 2 unspecified atom stereocenters. The Bertz CT molecular complexity index is 1690. The first-order valence-corrected chi connectivity index (χ1v) is 20.9. The summed E-state index contributed by atoms with van der Waals surface area (Å²) >= 11 is 0. The van der Waals surface area contributed by atoms with Gasteiger partial charge in [-0.3, -0.25) is 15.1 Å². The second-order valence-corrected chi connectivity index (χ2v) is 17.1. The Hall–Kier alpha value is -4.50. The molecular weight excluding hydrogens is 737 g/mol. The number of aliphatic hydroxyl groups is 1. The van der Waals surface area contributed by atoms with Crippen molar-refractivity contribution in [2.45, 2.75) is 135 Å². The van der Waals surface area contributed by atoms with Crippen molar-refractivity contribution in [1.29, 1.82) is 0 Å². The Labute approximate surface area is 344 Å². The van der Waals surface area contributed by atoms with Crippen molar-refractivity contribution in [2.75, 3.05) is 20.1 Å². The van der Waals surface area contributed by atoms with Gasteiger partial charge < -0.3 is 31.5 Å². The number of aliphatic imine (C=N–C) groups is 1. The molecule has 1 aromatic carbocycles. The number of nitrogens with two attached hydrogens (primary N) is 2. The summed E-state index contributed by atoms with van der Waals surface area (Å²) in [6, 6.07) is 10.1. The largest absolute Gasteiger partial charge is 0.444 e. The minimum absolute atomic E-state index is 0.0773. The standard InChI is InChI=1S/C44H66N8O6/c1-31(51(5)43(57)58-44(2,3)4)24-36-29-52(30-49-36,41(55)37(46)26-32-14-8-6-9-15-32)42(56)50-38(27-33-16-10-7-11-17-33)39(53)28-35(25-34-18-22-47-23-19-34)40(54)48-21-13-12-20-45/h6,8-9,14-15,18-19,22-23,29-31,33,35,37-39,53H,7,10-13,16-17,20-21,24-28,45-46H2,1-5H3,(H-,48,50,54,56)/p+1/t31-,35-,37+,38?,39+,52?/m1/s1. The van der Waals surface area contributed by atoms with Crippen molar-refractivity contribution in [1.82, 2.24) is 20.5 Å². The van der Waals surface area contributed by atoms with Gasteiger partial charge in [0.2, 0.25) is 12.2 Å². The molecule has 2 heterocycles. The fourth-order valence-electron chi connectivity index (χ4n) is 7.61. The van der Waals surface area contributed by atoms with Gasteiger partial charge in [-0.1, -0.05) is 62.4 Å². The highest BCUT2D eigenvalue weighted by atomic mass is 16.6. The van der Waals surface area contributed by atoms with E-state index in [1.165, 1.54) is 17.4 Å². The van der Waals surface area contributed by atoms with Crippen LogP contribution in [-0.4, -0.2) is 99.7 Å². The summed E-state index contributed by atoms with van der Waals surface area (Å²) in [4.78, 5) is 66.0. The molecule has 1 aliphatic heterocycles. The van der Waals surface area contributed by atoms with Crippen molar-refractivity contribution in [3.63, 3.8) is 0 Å². The lowest BCUT2D eigenvalue weighted by Crippen LogP contribution is -2.63. The smallest absolute Gasteiger partial charge is 0.435 e. The average Bonchev–Trinajstić information content (AvgIpc) is 3.63. The number of aromatic nitrogens is 1. The fraction of sp³-hybridized carbons (Fsp3) is 0.591. The molecule has 58 heavy (non-hydrogen) atoms. The second-order valence-electron chi connectivity index (χ2n) is 17.1. The highest BCUT2D eigenvalue weighted by Gasteiger charge is 2.50. The zero-order valence-electron chi connectivity index (χ0n) is 35.1. The predicted octanol–water partition coefficient (Wildman–Crippen LogP) is 5.34. The number of amides is 5. The molecule has 1 saturated carbocycles. The molecule has 1 aliphatic carbocycles. The van der Waals surface area contributed by atoms with Gasteiger partial charge in [0.25, 0.3) is 0 Å². The van der Waals surface area contributed by atoms with Crippen LogP contribution in [0.1, 0.15) is 103 Å². The minimum Gasteiger partial charge on any atom is -0.444 e. The molecule has 0 bridgehead atoms. The van der Waals surface area contributed by atoms with Gasteiger partial charge in [-0.05, 0) is 95.5 Å². The van der Waals surface area contributed by atoms with Crippen LogP contribution < -0.4 is 22.1 Å². The zero-order valence-corrected chi connectivity index (χ0v) is 35.1. The van der Waals surface area contributed by atoms with E-state index in [1.54, 1.807) is 40.2 Å². The van der Waals surface area contributed by atoms with Gasteiger partial charge in [0.15, 0.2) is 0 Å². The topological polar surface area (TPSA) is 202 Å². The zero-order chi connectivity index (χ0) is 42.3. The first kappa shape index (κ1) is 46.2. The molecule has 0 spiro atoms. The van der Waals surface area contributed by atoms with Gasteiger partial charge in [0.1, 0.15) is 23.5 Å². The summed E-state index contributed by atoms with van der Waals surface area (Å²) < 4.78 is 4.62. The molecule has 7 N–H and O–H groups in total. The predicted molar refractivity (Wildman–Crippen MR) is 225 cm³/mol. The molecule has 0 saturated heterocycles. The van der Waals surface area contributed by atoms with Crippen molar-refractivity contribution < 1.29 is 33.5 Å². The molecule has 318 valence electrons. The van der Waals surface area contributed by atoms with Crippen molar-refractivity contribution in [3.8, 4) is 0 Å². The number of nitrogens with zero attached hydrogens (tertiary/aromatic N) is 4. The lowest BCUT2D eigenvalue weighted by Gasteiger charge is -2.33. The van der Waals surface area contributed by atoms with E-state index in [0.717, 1.165) is 56.1 Å². The lowest BCUT2D eigenvalue weighted by atomic mass is 9.82. The highest BCUT2D eigenvalue weighted by molar-refractivity contribution is 5.96. The van der Waals surface area contributed by atoms with Gasteiger partial charge in [-0.25, -0.2) is 19.4 Å². The van der Waals surface area contributed by atoms with E-state index in [0.29, 0.717) is 31.6 Å².